The van der Waals surface area contributed by atoms with E-state index in [0.717, 1.165) is 30.5 Å². The summed E-state index contributed by atoms with van der Waals surface area (Å²) in [6.45, 7) is 10.2. The molecule has 0 aliphatic heterocycles. The zero-order chi connectivity index (χ0) is 19.7. The van der Waals surface area contributed by atoms with Crippen LogP contribution in [-0.2, 0) is 6.42 Å². The van der Waals surface area contributed by atoms with Gasteiger partial charge in [0.25, 0.3) is 0 Å². The summed E-state index contributed by atoms with van der Waals surface area (Å²) in [7, 11) is 0. The van der Waals surface area contributed by atoms with E-state index in [0.29, 0.717) is 29.6 Å². The molecule has 1 saturated carbocycles. The highest BCUT2D eigenvalue weighted by Gasteiger charge is 2.33. The molecular formula is C24H33N3O. The second-order valence-electron chi connectivity index (χ2n) is 9.17. The van der Waals surface area contributed by atoms with Gasteiger partial charge < -0.3 is 9.73 Å². The lowest BCUT2D eigenvalue weighted by Crippen LogP contribution is -2.35. The van der Waals surface area contributed by atoms with Crippen LogP contribution in [-0.4, -0.2) is 22.8 Å². The Morgan fingerprint density at radius 1 is 1.11 bits per heavy atom. The molecule has 150 valence electrons. The lowest BCUT2D eigenvalue weighted by molar-refractivity contribution is 0.218. The fraction of sp³-hybridized carbons (Fsp3) is 0.583. The van der Waals surface area contributed by atoms with E-state index in [-0.39, 0.29) is 0 Å². The molecule has 3 atom stereocenters. The van der Waals surface area contributed by atoms with Crippen LogP contribution >= 0.6 is 0 Å². The predicted molar refractivity (Wildman–Crippen MR) is 113 cm³/mol. The summed E-state index contributed by atoms with van der Waals surface area (Å²) in [5.41, 5.74) is 3.71. The van der Waals surface area contributed by atoms with Crippen LogP contribution in [0.4, 0.5) is 0 Å². The van der Waals surface area contributed by atoms with Gasteiger partial charge in [-0.15, -0.1) is 10.2 Å². The van der Waals surface area contributed by atoms with Crippen LogP contribution in [0.15, 0.2) is 40.3 Å². The van der Waals surface area contributed by atoms with E-state index in [1.54, 1.807) is 0 Å². The van der Waals surface area contributed by atoms with Gasteiger partial charge in [-0.2, -0.15) is 0 Å². The van der Waals surface area contributed by atoms with E-state index >= 15 is 0 Å². The Balaban J connectivity index is 1.45. The first-order valence-electron chi connectivity index (χ1n) is 10.8. The molecule has 1 heterocycles. The monoisotopic (exact) mass is 379 g/mol. The lowest BCUT2D eigenvalue weighted by Gasteiger charge is -2.37. The van der Waals surface area contributed by atoms with E-state index in [1.165, 1.54) is 30.4 Å². The third-order valence-corrected chi connectivity index (χ3v) is 6.49. The molecule has 0 radical (unpaired) electrons. The van der Waals surface area contributed by atoms with Gasteiger partial charge >= 0.3 is 0 Å². The van der Waals surface area contributed by atoms with Gasteiger partial charge in [-0.25, -0.2) is 0 Å². The highest BCUT2D eigenvalue weighted by Crippen LogP contribution is 2.39. The summed E-state index contributed by atoms with van der Waals surface area (Å²) < 4.78 is 6.01. The summed E-state index contributed by atoms with van der Waals surface area (Å²) in [6, 6.07) is 9.03. The van der Waals surface area contributed by atoms with Crippen LogP contribution in [0, 0.1) is 30.6 Å². The number of nitrogens with zero attached hydrogens (tertiary/aromatic N) is 2. The normalized spacial score (nSPS) is 25.2. The molecule has 2 aliphatic carbocycles. The maximum Gasteiger partial charge on any atom is 0.247 e. The molecular weight excluding hydrogens is 346 g/mol. The Morgan fingerprint density at radius 3 is 2.54 bits per heavy atom. The largest absolute Gasteiger partial charge is 0.421 e. The topological polar surface area (TPSA) is 51.0 Å². The molecule has 0 amide bonds. The lowest BCUT2D eigenvalue weighted by atomic mass is 9.70. The van der Waals surface area contributed by atoms with Gasteiger partial charge in [0.2, 0.25) is 11.8 Å². The van der Waals surface area contributed by atoms with Crippen LogP contribution in [0.25, 0.3) is 11.5 Å². The van der Waals surface area contributed by atoms with Crippen molar-refractivity contribution in [3.63, 3.8) is 0 Å². The number of hydrogen-bond acceptors (Lipinski definition) is 4. The zero-order valence-corrected chi connectivity index (χ0v) is 17.6. The number of hydrogen-bond donors (Lipinski definition) is 1. The second kappa shape index (κ2) is 8.20. The second-order valence-corrected chi connectivity index (χ2v) is 9.17. The highest BCUT2D eigenvalue weighted by atomic mass is 16.4. The molecule has 4 nitrogen and oxygen atoms in total. The predicted octanol–water partition coefficient (Wildman–Crippen LogP) is 5.19. The number of aryl methyl sites for hydroxylation is 1. The Hall–Kier alpha value is -1.94. The fourth-order valence-corrected chi connectivity index (χ4v) is 4.46. The molecule has 4 heteroatoms. The van der Waals surface area contributed by atoms with Crippen molar-refractivity contribution in [1.29, 1.82) is 0 Å². The minimum absolute atomic E-state index is 0.496. The third-order valence-electron chi connectivity index (χ3n) is 6.49. The molecule has 1 aromatic carbocycles. The number of benzene rings is 1. The molecule has 1 N–H and O–H groups in total. The van der Waals surface area contributed by atoms with Crippen molar-refractivity contribution < 1.29 is 4.42 Å². The molecule has 2 aromatic rings. The highest BCUT2D eigenvalue weighted by molar-refractivity contribution is 5.52. The average Bonchev–Trinajstić information content (AvgIpc) is 3.39. The quantitative estimate of drug-likeness (QED) is 0.672. The summed E-state index contributed by atoms with van der Waals surface area (Å²) >= 11 is 0. The van der Waals surface area contributed by atoms with Crippen LogP contribution in [0.3, 0.4) is 0 Å². The van der Waals surface area contributed by atoms with Crippen LogP contribution in [0.2, 0.25) is 0 Å². The van der Waals surface area contributed by atoms with Crippen molar-refractivity contribution in [2.75, 3.05) is 6.54 Å². The van der Waals surface area contributed by atoms with Crippen molar-refractivity contribution in [3.05, 3.63) is 47.4 Å². The van der Waals surface area contributed by atoms with Gasteiger partial charge in [0.15, 0.2) is 0 Å². The number of nitrogens with one attached hydrogen (secondary N) is 1. The SMILES string of the molecule is CC1=C[C@@H](CNC2CC2)[C@H](C(C)C)C[C@@H]1Cc1nnc(-c2ccc(C)cc2)o1. The first-order valence-corrected chi connectivity index (χ1v) is 10.8. The fourth-order valence-electron chi connectivity index (χ4n) is 4.46. The molecule has 0 spiro atoms. The number of aromatic nitrogens is 2. The van der Waals surface area contributed by atoms with Gasteiger partial charge in [-0.1, -0.05) is 43.2 Å². The van der Waals surface area contributed by atoms with Gasteiger partial charge in [-0.05, 0) is 68.9 Å². The molecule has 0 unspecified atom stereocenters. The van der Waals surface area contributed by atoms with Crippen molar-refractivity contribution in [2.24, 2.45) is 23.7 Å². The van der Waals surface area contributed by atoms with Crippen molar-refractivity contribution in [3.8, 4) is 11.5 Å². The van der Waals surface area contributed by atoms with Gasteiger partial charge in [0, 0.05) is 24.6 Å². The van der Waals surface area contributed by atoms with Crippen molar-refractivity contribution in [1.82, 2.24) is 15.5 Å². The smallest absolute Gasteiger partial charge is 0.247 e. The van der Waals surface area contributed by atoms with E-state index in [1.807, 2.05) is 12.1 Å². The number of allylic oxidation sites excluding steroid dienone is 1. The summed E-state index contributed by atoms with van der Waals surface area (Å²) in [6.07, 6.45) is 7.27. The zero-order valence-electron chi connectivity index (χ0n) is 17.6. The number of rotatable bonds is 7. The molecule has 0 bridgehead atoms. The van der Waals surface area contributed by atoms with E-state index in [4.69, 9.17) is 4.42 Å². The van der Waals surface area contributed by atoms with Crippen LogP contribution < -0.4 is 5.32 Å². The average molecular weight is 380 g/mol. The van der Waals surface area contributed by atoms with Gasteiger partial charge in [0.05, 0.1) is 0 Å². The third kappa shape index (κ3) is 4.54. The maximum atomic E-state index is 6.01. The Labute approximate surface area is 168 Å². The first-order chi connectivity index (χ1) is 13.5. The van der Waals surface area contributed by atoms with Crippen LogP contribution in [0.1, 0.15) is 51.5 Å². The van der Waals surface area contributed by atoms with Crippen molar-refractivity contribution >= 4 is 0 Å². The maximum absolute atomic E-state index is 6.01. The molecule has 2 aliphatic rings. The van der Waals surface area contributed by atoms with Crippen LogP contribution in [0.5, 0.6) is 0 Å². The summed E-state index contributed by atoms with van der Waals surface area (Å²) in [5, 5.41) is 12.4. The standard InChI is InChI=1S/C24H33N3O/c1-15(2)22-12-19(17(4)11-20(22)14-25-21-9-10-21)13-23-26-27-24(28-23)18-7-5-16(3)6-8-18/h5-8,11,15,19-22,25H,9-10,12-14H2,1-4H3/t19-,20+,22+/m1/s1. The Kier molecular flexibility index (Phi) is 5.68. The Bertz CT molecular complexity index is 817. The van der Waals surface area contributed by atoms with Crippen molar-refractivity contribution in [2.45, 2.75) is 59.4 Å². The Morgan fingerprint density at radius 2 is 1.86 bits per heavy atom. The molecule has 0 saturated heterocycles. The van der Waals surface area contributed by atoms with E-state index in [9.17, 15) is 0 Å². The van der Waals surface area contributed by atoms with E-state index < -0.39 is 0 Å². The summed E-state index contributed by atoms with van der Waals surface area (Å²) in [4.78, 5) is 0. The van der Waals surface area contributed by atoms with Gasteiger partial charge in [-0.3, -0.25) is 0 Å². The minimum atomic E-state index is 0.496. The molecule has 1 aromatic heterocycles. The summed E-state index contributed by atoms with van der Waals surface area (Å²) in [5.74, 6) is 3.91. The van der Waals surface area contributed by atoms with Gasteiger partial charge in [0.1, 0.15) is 0 Å². The molecule has 28 heavy (non-hydrogen) atoms. The minimum Gasteiger partial charge on any atom is -0.421 e. The van der Waals surface area contributed by atoms with E-state index in [2.05, 4.69) is 61.4 Å². The first kappa shape index (κ1) is 19.4. The molecule has 4 rings (SSSR count). The molecule has 1 fully saturated rings.